The number of nitrogens with zero attached hydrogens (tertiary/aromatic N) is 1. The summed E-state index contributed by atoms with van der Waals surface area (Å²) in [6.07, 6.45) is -10.1. The normalized spacial score (nSPS) is 12.2. The Labute approximate surface area is 120 Å². The molecule has 0 amide bonds. The second kappa shape index (κ2) is 6.38. The Morgan fingerprint density at radius 3 is 2.27 bits per heavy atom. The lowest BCUT2D eigenvalue weighted by molar-refractivity contribution is -0.277. The van der Waals surface area contributed by atoms with E-state index in [1.54, 1.807) is 0 Å². The Morgan fingerprint density at radius 2 is 1.86 bits per heavy atom. The highest BCUT2D eigenvalue weighted by Crippen LogP contribution is 2.40. The molecule has 1 heterocycles. The second-order valence-corrected chi connectivity index (χ2v) is 3.80. The van der Waals surface area contributed by atoms with Gasteiger partial charge in [-0.3, -0.25) is 0 Å². The van der Waals surface area contributed by atoms with Crippen LogP contribution in [-0.4, -0.2) is 23.9 Å². The molecule has 11 heteroatoms. The summed E-state index contributed by atoms with van der Waals surface area (Å²) in [5, 5.41) is 0. The van der Waals surface area contributed by atoms with Crippen molar-refractivity contribution in [3.05, 3.63) is 22.9 Å². The predicted octanol–water partition coefficient (Wildman–Crippen LogP) is 2.63. The van der Waals surface area contributed by atoms with Crippen molar-refractivity contribution in [1.29, 1.82) is 0 Å². The van der Waals surface area contributed by atoms with Crippen LogP contribution in [0.25, 0.3) is 0 Å². The fourth-order valence-electron chi connectivity index (χ4n) is 1.61. The first-order valence-corrected chi connectivity index (χ1v) is 5.73. The van der Waals surface area contributed by atoms with E-state index in [0.29, 0.717) is 6.20 Å². The summed E-state index contributed by atoms with van der Waals surface area (Å²) in [5.74, 6) is -2.91. The highest BCUT2D eigenvalue weighted by Gasteiger charge is 2.43. The zero-order valence-electron chi connectivity index (χ0n) is 11.0. The van der Waals surface area contributed by atoms with E-state index < -0.39 is 47.6 Å². The zero-order valence-corrected chi connectivity index (χ0v) is 11.0. The van der Waals surface area contributed by atoms with Gasteiger partial charge in [-0.1, -0.05) is 0 Å². The summed E-state index contributed by atoms with van der Waals surface area (Å²) in [4.78, 5) is 14.5. The lowest BCUT2D eigenvalue weighted by Gasteiger charge is -2.19. The first kappa shape index (κ1) is 18.0. The number of ether oxygens (including phenoxy) is 2. The van der Waals surface area contributed by atoms with Gasteiger partial charge < -0.3 is 15.2 Å². The third-order valence-electron chi connectivity index (χ3n) is 2.35. The van der Waals surface area contributed by atoms with E-state index >= 15 is 0 Å². The predicted molar refractivity (Wildman–Crippen MR) is 59.8 cm³/mol. The van der Waals surface area contributed by atoms with Crippen molar-refractivity contribution < 1.29 is 40.6 Å². The van der Waals surface area contributed by atoms with E-state index in [1.807, 2.05) is 0 Å². The molecule has 22 heavy (non-hydrogen) atoms. The van der Waals surface area contributed by atoms with Crippen LogP contribution in [0.4, 0.5) is 26.3 Å². The lowest BCUT2D eigenvalue weighted by Crippen LogP contribution is -2.24. The molecule has 124 valence electrons. The van der Waals surface area contributed by atoms with Crippen molar-refractivity contribution in [2.45, 2.75) is 26.0 Å². The van der Waals surface area contributed by atoms with Crippen LogP contribution in [0.5, 0.6) is 5.88 Å². The second-order valence-electron chi connectivity index (χ2n) is 3.80. The van der Waals surface area contributed by atoms with Crippen molar-refractivity contribution in [3.63, 3.8) is 0 Å². The Kier molecular flexibility index (Phi) is 5.22. The molecule has 0 spiro atoms. The maximum absolute atomic E-state index is 13.0. The molecule has 0 radical (unpaired) electrons. The molecule has 0 saturated carbocycles. The number of carbonyl (C=O) groups excluding carboxylic acids is 1. The third-order valence-corrected chi connectivity index (χ3v) is 2.35. The number of halogens is 6. The van der Waals surface area contributed by atoms with Crippen LogP contribution in [-0.2, 0) is 17.5 Å². The summed E-state index contributed by atoms with van der Waals surface area (Å²) in [7, 11) is 0. The van der Waals surface area contributed by atoms with Gasteiger partial charge in [-0.2, -0.15) is 13.2 Å². The van der Waals surface area contributed by atoms with E-state index in [9.17, 15) is 31.1 Å². The lowest BCUT2D eigenvalue weighted by atomic mass is 10.0. The monoisotopic (exact) mass is 332 g/mol. The first-order valence-electron chi connectivity index (χ1n) is 5.73. The standard InChI is InChI=1S/C11H10F6N2O3/c1-2-21-9(20)6-4-19-8(22-11(15,16)17)7(5(6)3-18)10(12,13)14/h4H,2-3,18H2,1H3. The van der Waals surface area contributed by atoms with Crippen LogP contribution >= 0.6 is 0 Å². The van der Waals surface area contributed by atoms with Gasteiger partial charge in [0.25, 0.3) is 0 Å². The van der Waals surface area contributed by atoms with Crippen molar-refractivity contribution in [2.75, 3.05) is 6.61 Å². The topological polar surface area (TPSA) is 74.4 Å². The van der Waals surface area contributed by atoms with Crippen LogP contribution in [0.2, 0.25) is 0 Å². The molecule has 5 nitrogen and oxygen atoms in total. The van der Waals surface area contributed by atoms with Crippen molar-refractivity contribution in [1.82, 2.24) is 4.98 Å². The number of hydrogen-bond acceptors (Lipinski definition) is 5. The molecule has 0 aliphatic carbocycles. The van der Waals surface area contributed by atoms with Gasteiger partial charge in [-0.05, 0) is 12.5 Å². The molecule has 2 N–H and O–H groups in total. The highest BCUT2D eigenvalue weighted by molar-refractivity contribution is 5.91. The molecule has 0 aliphatic rings. The average Bonchev–Trinajstić information content (AvgIpc) is 2.34. The number of rotatable bonds is 4. The fraction of sp³-hybridized carbons (Fsp3) is 0.455. The van der Waals surface area contributed by atoms with Crippen LogP contribution < -0.4 is 10.5 Å². The number of pyridine rings is 1. The van der Waals surface area contributed by atoms with Crippen LogP contribution in [0.1, 0.15) is 28.4 Å². The van der Waals surface area contributed by atoms with Crippen molar-refractivity contribution >= 4 is 5.97 Å². The van der Waals surface area contributed by atoms with Gasteiger partial charge in [0.2, 0.25) is 5.88 Å². The molecule has 1 rings (SSSR count). The number of alkyl halides is 6. The molecule has 1 aromatic heterocycles. The number of nitrogens with two attached hydrogens (primary N) is 1. The van der Waals surface area contributed by atoms with Gasteiger partial charge in [0, 0.05) is 12.7 Å². The Hall–Kier alpha value is -2.04. The zero-order chi connectivity index (χ0) is 17.1. The number of esters is 1. The smallest absolute Gasteiger partial charge is 0.462 e. The summed E-state index contributed by atoms with van der Waals surface area (Å²) in [5.41, 5.74) is 1.72. The molecule has 0 bridgehead atoms. The first-order chi connectivity index (χ1) is 10.0. The van der Waals surface area contributed by atoms with Crippen molar-refractivity contribution in [3.8, 4) is 5.88 Å². The van der Waals surface area contributed by atoms with Gasteiger partial charge in [0.1, 0.15) is 5.56 Å². The van der Waals surface area contributed by atoms with Crippen molar-refractivity contribution in [2.24, 2.45) is 5.73 Å². The Bertz CT molecular complexity index is 556. The molecular formula is C11H10F6N2O3. The maximum atomic E-state index is 13.0. The SMILES string of the molecule is CCOC(=O)c1cnc(OC(F)(F)F)c(C(F)(F)F)c1CN. The van der Waals surface area contributed by atoms with Gasteiger partial charge >= 0.3 is 18.5 Å². The molecule has 0 atom stereocenters. The van der Waals surface area contributed by atoms with Crippen LogP contribution in [0, 0.1) is 0 Å². The Morgan fingerprint density at radius 1 is 1.27 bits per heavy atom. The van der Waals surface area contributed by atoms with E-state index in [0.717, 1.165) is 0 Å². The Balaban J connectivity index is 3.54. The maximum Gasteiger partial charge on any atom is 0.574 e. The third kappa shape index (κ3) is 4.23. The fourth-order valence-corrected chi connectivity index (χ4v) is 1.61. The molecule has 0 aromatic carbocycles. The number of carbonyl (C=O) groups is 1. The van der Waals surface area contributed by atoms with Gasteiger partial charge in [0.15, 0.2) is 0 Å². The minimum atomic E-state index is -5.38. The van der Waals surface area contributed by atoms with E-state index in [-0.39, 0.29) is 6.61 Å². The van der Waals surface area contributed by atoms with Gasteiger partial charge in [0.05, 0.1) is 12.2 Å². The van der Waals surface area contributed by atoms with Crippen LogP contribution in [0.3, 0.4) is 0 Å². The summed E-state index contributed by atoms with van der Waals surface area (Å²) < 4.78 is 83.3. The molecule has 0 fully saturated rings. The molecule has 1 aromatic rings. The van der Waals surface area contributed by atoms with E-state index in [2.05, 4.69) is 14.5 Å². The largest absolute Gasteiger partial charge is 0.574 e. The summed E-state index contributed by atoms with van der Waals surface area (Å²) in [6, 6.07) is 0. The number of aromatic nitrogens is 1. The molecule has 0 unspecified atom stereocenters. The minimum absolute atomic E-state index is 0.148. The molecular weight excluding hydrogens is 322 g/mol. The molecule has 0 aliphatic heterocycles. The van der Waals surface area contributed by atoms with E-state index in [1.165, 1.54) is 6.92 Å². The highest BCUT2D eigenvalue weighted by atomic mass is 19.4. The van der Waals surface area contributed by atoms with Gasteiger partial charge in [-0.15, -0.1) is 13.2 Å². The van der Waals surface area contributed by atoms with Gasteiger partial charge in [-0.25, -0.2) is 9.78 Å². The summed E-state index contributed by atoms with van der Waals surface area (Å²) in [6.45, 7) is 0.393. The summed E-state index contributed by atoms with van der Waals surface area (Å²) >= 11 is 0. The quantitative estimate of drug-likeness (QED) is 0.678. The van der Waals surface area contributed by atoms with E-state index in [4.69, 9.17) is 5.73 Å². The van der Waals surface area contributed by atoms with Crippen LogP contribution in [0.15, 0.2) is 6.20 Å². The minimum Gasteiger partial charge on any atom is -0.462 e. The molecule has 0 saturated heterocycles. The average molecular weight is 332 g/mol. The number of hydrogen-bond donors (Lipinski definition) is 1.